The number of hydrogen-bond donors (Lipinski definition) is 4. The Hall–Kier alpha value is -2.14. The van der Waals surface area contributed by atoms with Gasteiger partial charge >= 0.3 is 11.9 Å². The first-order chi connectivity index (χ1) is 12.4. The Labute approximate surface area is 151 Å². The van der Waals surface area contributed by atoms with Crippen molar-refractivity contribution in [2.24, 2.45) is 0 Å². The first-order valence-corrected chi connectivity index (χ1v) is 7.95. The van der Waals surface area contributed by atoms with Crippen LogP contribution in [0.3, 0.4) is 0 Å². The Morgan fingerprint density at radius 1 is 0.731 bits per heavy atom. The largest absolute Gasteiger partial charge is 0.498 e. The third-order valence-electron chi connectivity index (χ3n) is 2.64. The number of carboxylic acids is 2. The average Bonchev–Trinajstić information content (AvgIpc) is 2.57. The van der Waals surface area contributed by atoms with E-state index < -0.39 is 24.1 Å². The molecule has 0 aromatic rings. The summed E-state index contributed by atoms with van der Waals surface area (Å²) in [6.07, 6.45) is 3.31. The number of hydrogen-bond acceptors (Lipinski definition) is 8. The summed E-state index contributed by atoms with van der Waals surface area (Å²) in [6.45, 7) is 0.848. The van der Waals surface area contributed by atoms with Gasteiger partial charge in [-0.1, -0.05) is 0 Å². The number of rotatable bonds is 17. The fourth-order valence-electron chi connectivity index (χ4n) is 1.49. The molecule has 0 aliphatic carbocycles. The minimum atomic E-state index is -1.13. The highest BCUT2D eigenvalue weighted by molar-refractivity contribution is 5.79. The van der Waals surface area contributed by atoms with E-state index in [0.29, 0.717) is 26.1 Å². The lowest BCUT2D eigenvalue weighted by Gasteiger charge is -2.12. The van der Waals surface area contributed by atoms with Gasteiger partial charge in [-0.3, -0.25) is 0 Å². The summed E-state index contributed by atoms with van der Waals surface area (Å²) in [5.41, 5.74) is 0. The van der Waals surface area contributed by atoms with Gasteiger partial charge in [0, 0.05) is 13.2 Å². The summed E-state index contributed by atoms with van der Waals surface area (Å²) in [6, 6.07) is 0. The van der Waals surface area contributed by atoms with Crippen LogP contribution in [0.2, 0.25) is 0 Å². The van der Waals surface area contributed by atoms with E-state index in [9.17, 15) is 19.8 Å². The van der Waals surface area contributed by atoms with Crippen LogP contribution in [0, 0.1) is 0 Å². The number of aliphatic hydroxyl groups is 2. The van der Waals surface area contributed by atoms with Gasteiger partial charge in [0.15, 0.2) is 0 Å². The molecule has 0 heterocycles. The molecule has 4 N–H and O–H groups in total. The van der Waals surface area contributed by atoms with Crippen molar-refractivity contribution in [3.05, 3.63) is 24.7 Å². The average molecular weight is 378 g/mol. The maximum atomic E-state index is 10.2. The van der Waals surface area contributed by atoms with Gasteiger partial charge in [0.25, 0.3) is 0 Å². The summed E-state index contributed by atoms with van der Waals surface area (Å²) >= 11 is 0. The first kappa shape index (κ1) is 23.9. The van der Waals surface area contributed by atoms with Gasteiger partial charge in [-0.15, -0.1) is 0 Å². The second-order valence-electron chi connectivity index (χ2n) is 5.11. The van der Waals surface area contributed by atoms with Gasteiger partial charge in [-0.05, 0) is 12.8 Å². The molecule has 0 radical (unpaired) electrons. The van der Waals surface area contributed by atoms with Gasteiger partial charge in [0.05, 0.1) is 37.9 Å². The summed E-state index contributed by atoms with van der Waals surface area (Å²) in [4.78, 5) is 20.4. The van der Waals surface area contributed by atoms with E-state index in [1.54, 1.807) is 0 Å². The molecule has 0 amide bonds. The third kappa shape index (κ3) is 18.2. The normalized spacial score (nSPS) is 13.8. The molecule has 150 valence electrons. The lowest BCUT2D eigenvalue weighted by molar-refractivity contribution is -0.132. The number of carbonyl (C=O) groups is 2. The molecule has 10 nitrogen and oxygen atoms in total. The van der Waals surface area contributed by atoms with E-state index in [1.807, 2.05) is 0 Å². The zero-order valence-corrected chi connectivity index (χ0v) is 14.4. The van der Waals surface area contributed by atoms with Crippen LogP contribution in [-0.4, -0.2) is 84.2 Å². The lowest BCUT2D eigenvalue weighted by atomic mass is 10.3. The minimum absolute atomic E-state index is 0.0610. The van der Waals surface area contributed by atoms with Gasteiger partial charge < -0.3 is 39.4 Å². The monoisotopic (exact) mass is 378 g/mol. The molecule has 26 heavy (non-hydrogen) atoms. The van der Waals surface area contributed by atoms with Crippen LogP contribution in [0.1, 0.15) is 12.8 Å². The van der Waals surface area contributed by atoms with Crippen molar-refractivity contribution in [1.29, 1.82) is 0 Å². The predicted octanol–water partition coefficient (Wildman–Crippen LogP) is -0.249. The van der Waals surface area contributed by atoms with Crippen LogP contribution < -0.4 is 0 Å². The summed E-state index contributed by atoms with van der Waals surface area (Å²) in [5.74, 6) is -2.26. The Balaban J connectivity index is 3.39. The Morgan fingerprint density at radius 3 is 1.46 bits per heavy atom. The van der Waals surface area contributed by atoms with Crippen LogP contribution in [0.4, 0.5) is 0 Å². The standard InChI is InChI=1S/C16H26O10/c17-13(11-25-7-3-15(19)20)9-23-5-1-2-6-24-10-14(18)12-26-8-4-16(21)22/h3-4,7-8,13-14,17-18H,1-2,5-6,9-12H2,(H,19,20)(H,21,22). The van der Waals surface area contributed by atoms with E-state index in [-0.39, 0.29) is 26.4 Å². The molecule has 0 saturated carbocycles. The fraction of sp³-hybridized carbons (Fsp3) is 0.625. The van der Waals surface area contributed by atoms with Crippen LogP contribution in [0.5, 0.6) is 0 Å². The molecule has 0 bridgehead atoms. The van der Waals surface area contributed by atoms with E-state index in [2.05, 4.69) is 0 Å². The third-order valence-corrected chi connectivity index (χ3v) is 2.64. The molecule has 0 aliphatic rings. The molecule has 0 aliphatic heterocycles. The van der Waals surface area contributed by atoms with Crippen LogP contribution in [0.15, 0.2) is 24.7 Å². The molecule has 0 rings (SSSR count). The van der Waals surface area contributed by atoms with Crippen molar-refractivity contribution < 1.29 is 49.0 Å². The highest BCUT2D eigenvalue weighted by Gasteiger charge is 2.05. The van der Waals surface area contributed by atoms with Gasteiger partial charge in [0.1, 0.15) is 25.4 Å². The van der Waals surface area contributed by atoms with Gasteiger partial charge in [-0.25, -0.2) is 9.59 Å². The number of ether oxygens (including phenoxy) is 4. The molecule has 10 heteroatoms. The van der Waals surface area contributed by atoms with Crippen LogP contribution >= 0.6 is 0 Å². The van der Waals surface area contributed by atoms with Gasteiger partial charge in [0.2, 0.25) is 0 Å². The van der Waals surface area contributed by atoms with Crippen molar-refractivity contribution in [3.63, 3.8) is 0 Å². The van der Waals surface area contributed by atoms with E-state index in [4.69, 9.17) is 29.2 Å². The van der Waals surface area contributed by atoms with E-state index >= 15 is 0 Å². The van der Waals surface area contributed by atoms with Gasteiger partial charge in [-0.2, -0.15) is 0 Å². The molecular weight excluding hydrogens is 352 g/mol. The minimum Gasteiger partial charge on any atom is -0.498 e. The van der Waals surface area contributed by atoms with Crippen molar-refractivity contribution in [3.8, 4) is 0 Å². The molecule has 0 fully saturated rings. The van der Waals surface area contributed by atoms with Crippen molar-refractivity contribution in [2.75, 3.05) is 39.6 Å². The maximum absolute atomic E-state index is 10.2. The van der Waals surface area contributed by atoms with Crippen LogP contribution in [0.25, 0.3) is 0 Å². The molecule has 2 atom stereocenters. The summed E-state index contributed by atoms with van der Waals surface area (Å²) in [5, 5.41) is 35.7. The zero-order valence-electron chi connectivity index (χ0n) is 14.4. The zero-order chi connectivity index (χ0) is 19.6. The van der Waals surface area contributed by atoms with E-state index in [1.165, 1.54) is 0 Å². The molecule has 0 spiro atoms. The maximum Gasteiger partial charge on any atom is 0.331 e. The summed E-state index contributed by atoms with van der Waals surface area (Å²) < 4.78 is 20.1. The van der Waals surface area contributed by atoms with Crippen molar-refractivity contribution >= 4 is 11.9 Å². The molecule has 0 saturated heterocycles. The first-order valence-electron chi connectivity index (χ1n) is 7.95. The fourth-order valence-corrected chi connectivity index (χ4v) is 1.49. The SMILES string of the molecule is O=C(O)C=COCC(O)COCCCCOCC(O)COC=CC(=O)O. The molecular formula is C16H26O10. The smallest absolute Gasteiger partial charge is 0.331 e. The quantitative estimate of drug-likeness (QED) is 0.151. The second-order valence-corrected chi connectivity index (χ2v) is 5.11. The number of unbranched alkanes of at least 4 members (excludes halogenated alkanes) is 1. The van der Waals surface area contributed by atoms with Crippen molar-refractivity contribution in [2.45, 2.75) is 25.0 Å². The number of aliphatic hydroxyl groups excluding tert-OH is 2. The second kappa shape index (κ2) is 16.3. The predicted molar refractivity (Wildman–Crippen MR) is 88.3 cm³/mol. The van der Waals surface area contributed by atoms with E-state index in [0.717, 1.165) is 24.7 Å². The highest BCUT2D eigenvalue weighted by atomic mass is 16.5. The number of aliphatic carboxylic acids is 2. The highest BCUT2D eigenvalue weighted by Crippen LogP contribution is 1.96. The molecule has 0 aromatic carbocycles. The number of carboxylic acid groups (broad SMARTS) is 2. The molecule has 2 unspecified atom stereocenters. The summed E-state index contributed by atoms with van der Waals surface area (Å²) in [7, 11) is 0. The Kier molecular flexibility index (Phi) is 15.0. The lowest BCUT2D eigenvalue weighted by Crippen LogP contribution is -2.21. The Bertz CT molecular complexity index is 395. The molecule has 0 aromatic heterocycles. The Morgan fingerprint density at radius 2 is 1.12 bits per heavy atom. The van der Waals surface area contributed by atoms with Crippen LogP contribution in [-0.2, 0) is 28.5 Å². The topological polar surface area (TPSA) is 152 Å². The van der Waals surface area contributed by atoms with Crippen molar-refractivity contribution in [1.82, 2.24) is 0 Å².